The largest absolute Gasteiger partial charge is 0.396 e. The predicted octanol–water partition coefficient (Wildman–Crippen LogP) is -0.110. The van der Waals surface area contributed by atoms with Crippen molar-refractivity contribution >= 4 is 5.91 Å². The number of aliphatic hydroxyl groups is 1. The highest BCUT2D eigenvalue weighted by Crippen LogP contribution is 2.15. The maximum atomic E-state index is 11.8. The molecule has 1 atom stereocenters. The van der Waals surface area contributed by atoms with Crippen LogP contribution in [0.4, 0.5) is 0 Å². The quantitative estimate of drug-likeness (QED) is 0.584. The van der Waals surface area contributed by atoms with Gasteiger partial charge in [-0.3, -0.25) is 4.79 Å². The van der Waals surface area contributed by atoms with E-state index in [2.05, 4.69) is 10.6 Å². The zero-order valence-electron chi connectivity index (χ0n) is 10.6. The van der Waals surface area contributed by atoms with Crippen LogP contribution in [0.5, 0.6) is 0 Å². The van der Waals surface area contributed by atoms with Crippen molar-refractivity contribution in [2.24, 2.45) is 5.92 Å². The second kappa shape index (κ2) is 8.44. The van der Waals surface area contributed by atoms with Gasteiger partial charge in [-0.05, 0) is 38.3 Å². The SMILES string of the molecule is COCC(CCO)NC(=O)CC1CCNCC1. The Kier molecular flexibility index (Phi) is 7.16. The summed E-state index contributed by atoms with van der Waals surface area (Å²) in [5.41, 5.74) is 0. The fourth-order valence-corrected chi connectivity index (χ4v) is 2.19. The summed E-state index contributed by atoms with van der Waals surface area (Å²) < 4.78 is 5.01. The minimum atomic E-state index is -0.0702. The standard InChI is InChI=1S/C12H24N2O3/c1-17-9-11(4-7-15)14-12(16)8-10-2-5-13-6-3-10/h10-11,13,15H,2-9H2,1H3,(H,14,16). The molecular formula is C12H24N2O3. The lowest BCUT2D eigenvalue weighted by Gasteiger charge is -2.23. The van der Waals surface area contributed by atoms with Crippen molar-refractivity contribution in [3.05, 3.63) is 0 Å². The van der Waals surface area contributed by atoms with E-state index in [0.717, 1.165) is 25.9 Å². The monoisotopic (exact) mass is 244 g/mol. The molecule has 17 heavy (non-hydrogen) atoms. The molecule has 1 heterocycles. The molecule has 0 bridgehead atoms. The lowest BCUT2D eigenvalue weighted by molar-refractivity contribution is -0.123. The summed E-state index contributed by atoms with van der Waals surface area (Å²) in [6.45, 7) is 2.55. The van der Waals surface area contributed by atoms with Gasteiger partial charge in [0.25, 0.3) is 0 Å². The topological polar surface area (TPSA) is 70.6 Å². The van der Waals surface area contributed by atoms with E-state index in [4.69, 9.17) is 9.84 Å². The van der Waals surface area contributed by atoms with Crippen molar-refractivity contribution < 1.29 is 14.6 Å². The van der Waals surface area contributed by atoms with Gasteiger partial charge in [0.2, 0.25) is 5.91 Å². The van der Waals surface area contributed by atoms with Crippen LogP contribution in [-0.2, 0) is 9.53 Å². The van der Waals surface area contributed by atoms with Gasteiger partial charge < -0.3 is 20.5 Å². The lowest BCUT2D eigenvalue weighted by Crippen LogP contribution is -2.40. The third-order valence-electron chi connectivity index (χ3n) is 3.14. The van der Waals surface area contributed by atoms with Gasteiger partial charge in [0.1, 0.15) is 0 Å². The summed E-state index contributed by atoms with van der Waals surface area (Å²) in [6.07, 6.45) is 3.28. The van der Waals surface area contributed by atoms with Crippen LogP contribution in [0.25, 0.3) is 0 Å². The van der Waals surface area contributed by atoms with E-state index in [0.29, 0.717) is 25.4 Å². The van der Waals surface area contributed by atoms with Crippen LogP contribution in [0.2, 0.25) is 0 Å². The number of piperidine rings is 1. The van der Waals surface area contributed by atoms with Crippen molar-refractivity contribution in [1.29, 1.82) is 0 Å². The van der Waals surface area contributed by atoms with Crippen LogP contribution in [0.15, 0.2) is 0 Å². The van der Waals surface area contributed by atoms with Crippen LogP contribution in [0.3, 0.4) is 0 Å². The van der Waals surface area contributed by atoms with Gasteiger partial charge in [-0.1, -0.05) is 0 Å². The highest BCUT2D eigenvalue weighted by atomic mass is 16.5. The van der Waals surface area contributed by atoms with Gasteiger partial charge in [0, 0.05) is 20.1 Å². The van der Waals surface area contributed by atoms with Crippen LogP contribution >= 0.6 is 0 Å². The lowest BCUT2D eigenvalue weighted by atomic mass is 9.94. The molecule has 0 aromatic heterocycles. The molecule has 100 valence electrons. The molecule has 1 saturated heterocycles. The van der Waals surface area contributed by atoms with Crippen LogP contribution in [-0.4, -0.2) is 50.5 Å². The number of amides is 1. The molecule has 5 heteroatoms. The molecule has 0 spiro atoms. The average Bonchev–Trinajstić information content (AvgIpc) is 2.30. The third-order valence-corrected chi connectivity index (χ3v) is 3.14. The van der Waals surface area contributed by atoms with Crippen molar-refractivity contribution in [2.75, 3.05) is 33.4 Å². The van der Waals surface area contributed by atoms with E-state index in [1.807, 2.05) is 0 Å². The van der Waals surface area contributed by atoms with Gasteiger partial charge >= 0.3 is 0 Å². The number of methoxy groups -OCH3 is 1. The first-order chi connectivity index (χ1) is 8.26. The molecule has 1 amide bonds. The third kappa shape index (κ3) is 6.00. The molecule has 1 rings (SSSR count). The minimum Gasteiger partial charge on any atom is -0.396 e. The summed E-state index contributed by atoms with van der Waals surface area (Å²) in [7, 11) is 1.60. The number of rotatable bonds is 7. The van der Waals surface area contributed by atoms with E-state index >= 15 is 0 Å². The fourth-order valence-electron chi connectivity index (χ4n) is 2.19. The first-order valence-corrected chi connectivity index (χ1v) is 6.36. The molecular weight excluding hydrogens is 220 g/mol. The molecule has 1 aliphatic heterocycles. The molecule has 1 unspecified atom stereocenters. The Labute approximate surface area is 103 Å². The zero-order chi connectivity index (χ0) is 12.5. The van der Waals surface area contributed by atoms with Gasteiger partial charge in [0.05, 0.1) is 12.6 Å². The number of nitrogens with one attached hydrogen (secondary N) is 2. The Morgan fingerprint density at radius 2 is 2.24 bits per heavy atom. The minimum absolute atomic E-state index is 0.0702. The van der Waals surface area contributed by atoms with E-state index < -0.39 is 0 Å². The molecule has 5 nitrogen and oxygen atoms in total. The summed E-state index contributed by atoms with van der Waals surface area (Å²) in [6, 6.07) is -0.0702. The second-order valence-electron chi connectivity index (χ2n) is 4.63. The van der Waals surface area contributed by atoms with Gasteiger partial charge in [-0.15, -0.1) is 0 Å². The van der Waals surface area contributed by atoms with Crippen molar-refractivity contribution in [2.45, 2.75) is 31.7 Å². The predicted molar refractivity (Wildman–Crippen MR) is 65.7 cm³/mol. The van der Waals surface area contributed by atoms with Crippen molar-refractivity contribution in [3.8, 4) is 0 Å². The van der Waals surface area contributed by atoms with Gasteiger partial charge in [-0.25, -0.2) is 0 Å². The van der Waals surface area contributed by atoms with Crippen LogP contribution in [0, 0.1) is 5.92 Å². The van der Waals surface area contributed by atoms with Gasteiger partial charge in [0.15, 0.2) is 0 Å². The Bertz CT molecular complexity index is 212. The molecule has 1 fully saturated rings. The summed E-state index contributed by atoms with van der Waals surface area (Å²) in [4.78, 5) is 11.8. The summed E-state index contributed by atoms with van der Waals surface area (Å²) >= 11 is 0. The number of carbonyl (C=O) groups is 1. The van der Waals surface area contributed by atoms with Crippen molar-refractivity contribution in [1.82, 2.24) is 10.6 Å². The Hall–Kier alpha value is -0.650. The molecule has 0 saturated carbocycles. The maximum absolute atomic E-state index is 11.8. The Balaban J connectivity index is 2.25. The number of aliphatic hydroxyl groups excluding tert-OH is 1. The summed E-state index contributed by atoms with van der Waals surface area (Å²) in [5, 5.41) is 15.1. The van der Waals surface area contributed by atoms with E-state index in [9.17, 15) is 4.79 Å². The zero-order valence-corrected chi connectivity index (χ0v) is 10.6. The molecule has 0 aliphatic carbocycles. The highest BCUT2D eigenvalue weighted by molar-refractivity contribution is 5.76. The Morgan fingerprint density at radius 1 is 1.53 bits per heavy atom. The second-order valence-corrected chi connectivity index (χ2v) is 4.63. The number of hydrogen-bond acceptors (Lipinski definition) is 4. The van der Waals surface area contributed by atoms with Crippen LogP contribution in [0.1, 0.15) is 25.7 Å². The van der Waals surface area contributed by atoms with E-state index in [1.54, 1.807) is 7.11 Å². The number of ether oxygens (including phenoxy) is 1. The maximum Gasteiger partial charge on any atom is 0.220 e. The van der Waals surface area contributed by atoms with Crippen LogP contribution < -0.4 is 10.6 Å². The molecule has 0 aromatic rings. The molecule has 3 N–H and O–H groups in total. The number of carbonyl (C=O) groups excluding carboxylic acids is 1. The van der Waals surface area contributed by atoms with E-state index in [1.165, 1.54) is 0 Å². The highest BCUT2D eigenvalue weighted by Gasteiger charge is 2.18. The van der Waals surface area contributed by atoms with E-state index in [-0.39, 0.29) is 18.6 Å². The van der Waals surface area contributed by atoms with Gasteiger partial charge in [-0.2, -0.15) is 0 Å². The molecule has 1 aliphatic rings. The Morgan fingerprint density at radius 3 is 2.82 bits per heavy atom. The fraction of sp³-hybridized carbons (Fsp3) is 0.917. The first-order valence-electron chi connectivity index (χ1n) is 6.36. The first kappa shape index (κ1) is 14.4. The van der Waals surface area contributed by atoms with Crippen molar-refractivity contribution in [3.63, 3.8) is 0 Å². The molecule has 0 aromatic carbocycles. The normalized spacial score (nSPS) is 18.9. The average molecular weight is 244 g/mol. The summed E-state index contributed by atoms with van der Waals surface area (Å²) in [5.74, 6) is 0.570. The number of hydrogen-bond donors (Lipinski definition) is 3. The molecule has 0 radical (unpaired) electrons. The smallest absolute Gasteiger partial charge is 0.220 e.